The molecular formula is C18H20N2S. The molecule has 0 amide bonds. The van der Waals surface area contributed by atoms with E-state index in [0.29, 0.717) is 0 Å². The molecule has 0 aliphatic heterocycles. The van der Waals surface area contributed by atoms with Crippen LogP contribution in [0.4, 0.5) is 0 Å². The van der Waals surface area contributed by atoms with Crippen LogP contribution in [0.5, 0.6) is 0 Å². The average molecular weight is 296 g/mol. The van der Waals surface area contributed by atoms with E-state index in [9.17, 15) is 0 Å². The topological polar surface area (TPSA) is 24.9 Å². The van der Waals surface area contributed by atoms with Crippen molar-refractivity contribution < 1.29 is 0 Å². The maximum Gasteiger partial charge on any atom is 0.0702 e. The molecule has 0 fully saturated rings. The molecule has 2 heterocycles. The Morgan fingerprint density at radius 3 is 2.86 bits per heavy atom. The Hall–Kier alpha value is -1.71. The normalized spacial score (nSPS) is 12.7. The second-order valence-electron chi connectivity index (χ2n) is 5.12. The van der Waals surface area contributed by atoms with Crippen molar-refractivity contribution >= 4 is 22.2 Å². The molecule has 1 unspecified atom stereocenters. The van der Waals surface area contributed by atoms with Crippen LogP contribution in [0, 0.1) is 0 Å². The van der Waals surface area contributed by atoms with Gasteiger partial charge in [-0.3, -0.25) is 4.98 Å². The second-order valence-corrected chi connectivity index (χ2v) is 6.06. The Morgan fingerprint density at radius 1 is 1.19 bits per heavy atom. The standard InChI is InChI=1S/C18H20N2S/c1-3-13-9-10-21-18(13)17(19-4-2)15-11-14-7-5-6-8-16(14)20-12-15/h5-12,17,19H,3-4H2,1-2H3. The minimum absolute atomic E-state index is 0.238. The van der Waals surface area contributed by atoms with Crippen LogP contribution in [0.25, 0.3) is 10.9 Å². The molecule has 3 aromatic rings. The summed E-state index contributed by atoms with van der Waals surface area (Å²) in [5.41, 5.74) is 3.73. The minimum Gasteiger partial charge on any atom is -0.306 e. The van der Waals surface area contributed by atoms with Gasteiger partial charge >= 0.3 is 0 Å². The van der Waals surface area contributed by atoms with Crippen LogP contribution >= 0.6 is 11.3 Å². The van der Waals surface area contributed by atoms with E-state index in [2.05, 4.69) is 59.9 Å². The number of benzene rings is 1. The van der Waals surface area contributed by atoms with Gasteiger partial charge < -0.3 is 5.32 Å². The van der Waals surface area contributed by atoms with Gasteiger partial charge in [-0.25, -0.2) is 0 Å². The fourth-order valence-corrected chi connectivity index (χ4v) is 3.80. The second kappa shape index (κ2) is 6.37. The molecule has 21 heavy (non-hydrogen) atoms. The third kappa shape index (κ3) is 2.85. The molecule has 0 aliphatic rings. The molecule has 0 radical (unpaired) electrons. The first kappa shape index (κ1) is 14.2. The number of hydrogen-bond donors (Lipinski definition) is 1. The van der Waals surface area contributed by atoms with E-state index < -0.39 is 0 Å². The maximum atomic E-state index is 4.61. The predicted octanol–water partition coefficient (Wildman–Crippen LogP) is 4.56. The number of pyridine rings is 1. The van der Waals surface area contributed by atoms with Crippen LogP contribution in [-0.4, -0.2) is 11.5 Å². The average Bonchev–Trinajstić information content (AvgIpc) is 3.00. The number of thiophene rings is 1. The SMILES string of the molecule is CCNC(c1cnc2ccccc2c1)c1sccc1CC. The fraction of sp³-hybridized carbons (Fsp3) is 0.278. The van der Waals surface area contributed by atoms with E-state index >= 15 is 0 Å². The van der Waals surface area contributed by atoms with E-state index in [1.54, 1.807) is 0 Å². The Bertz CT molecular complexity index is 733. The van der Waals surface area contributed by atoms with Gasteiger partial charge in [0, 0.05) is 16.5 Å². The lowest BCUT2D eigenvalue weighted by Crippen LogP contribution is -2.22. The van der Waals surface area contributed by atoms with Gasteiger partial charge in [-0.15, -0.1) is 11.3 Å². The first-order valence-corrected chi connectivity index (χ1v) is 8.35. The number of fused-ring (bicyclic) bond motifs is 1. The van der Waals surface area contributed by atoms with Crippen LogP contribution in [0.1, 0.15) is 35.9 Å². The van der Waals surface area contributed by atoms with Crippen molar-refractivity contribution in [1.82, 2.24) is 10.3 Å². The molecule has 0 saturated carbocycles. The van der Waals surface area contributed by atoms with E-state index in [-0.39, 0.29) is 6.04 Å². The zero-order valence-electron chi connectivity index (χ0n) is 12.5. The lowest BCUT2D eigenvalue weighted by atomic mass is 10.0. The van der Waals surface area contributed by atoms with Crippen molar-refractivity contribution in [2.45, 2.75) is 26.3 Å². The third-order valence-corrected chi connectivity index (χ3v) is 4.80. The first-order chi connectivity index (χ1) is 10.3. The Labute approximate surface area is 129 Å². The number of rotatable bonds is 5. The van der Waals surface area contributed by atoms with Crippen molar-refractivity contribution in [3.8, 4) is 0 Å². The molecular weight excluding hydrogens is 276 g/mol. The zero-order chi connectivity index (χ0) is 14.7. The van der Waals surface area contributed by atoms with Gasteiger partial charge in [0.15, 0.2) is 0 Å². The quantitative estimate of drug-likeness (QED) is 0.746. The summed E-state index contributed by atoms with van der Waals surface area (Å²) in [5, 5.41) is 7.00. The molecule has 0 bridgehead atoms. The molecule has 3 rings (SSSR count). The summed E-state index contributed by atoms with van der Waals surface area (Å²) in [4.78, 5) is 6.03. The molecule has 2 nitrogen and oxygen atoms in total. The predicted molar refractivity (Wildman–Crippen MR) is 91.0 cm³/mol. The number of hydrogen-bond acceptors (Lipinski definition) is 3. The van der Waals surface area contributed by atoms with Crippen LogP contribution in [0.15, 0.2) is 48.0 Å². The highest BCUT2D eigenvalue weighted by Gasteiger charge is 2.18. The summed E-state index contributed by atoms with van der Waals surface area (Å²) in [7, 11) is 0. The van der Waals surface area contributed by atoms with Crippen LogP contribution in [0.3, 0.4) is 0 Å². The zero-order valence-corrected chi connectivity index (χ0v) is 13.3. The molecule has 1 aromatic carbocycles. The Kier molecular flexibility index (Phi) is 4.32. The van der Waals surface area contributed by atoms with E-state index in [1.807, 2.05) is 23.6 Å². The number of aromatic nitrogens is 1. The van der Waals surface area contributed by atoms with Gasteiger partial charge in [-0.2, -0.15) is 0 Å². The van der Waals surface area contributed by atoms with Gasteiger partial charge in [-0.05, 0) is 47.7 Å². The smallest absolute Gasteiger partial charge is 0.0702 e. The largest absolute Gasteiger partial charge is 0.306 e. The van der Waals surface area contributed by atoms with Gasteiger partial charge in [0.25, 0.3) is 0 Å². The summed E-state index contributed by atoms with van der Waals surface area (Å²) in [5.74, 6) is 0. The van der Waals surface area contributed by atoms with Gasteiger partial charge in [0.05, 0.1) is 11.6 Å². The monoisotopic (exact) mass is 296 g/mol. The molecule has 108 valence electrons. The summed E-state index contributed by atoms with van der Waals surface area (Å²) in [6, 6.07) is 13.0. The highest BCUT2D eigenvalue weighted by molar-refractivity contribution is 7.10. The maximum absolute atomic E-state index is 4.61. The number of para-hydroxylation sites is 1. The fourth-order valence-electron chi connectivity index (χ4n) is 2.70. The Morgan fingerprint density at radius 2 is 2.05 bits per heavy atom. The van der Waals surface area contributed by atoms with Gasteiger partial charge in [-0.1, -0.05) is 32.0 Å². The minimum atomic E-state index is 0.238. The van der Waals surface area contributed by atoms with Crippen LogP contribution in [-0.2, 0) is 6.42 Å². The number of nitrogens with zero attached hydrogens (tertiary/aromatic N) is 1. The molecule has 0 spiro atoms. The molecule has 0 saturated heterocycles. The molecule has 1 atom stereocenters. The van der Waals surface area contributed by atoms with Gasteiger partial charge in [0.2, 0.25) is 0 Å². The molecule has 3 heteroatoms. The summed E-state index contributed by atoms with van der Waals surface area (Å²) < 4.78 is 0. The van der Waals surface area contributed by atoms with E-state index in [1.165, 1.54) is 21.4 Å². The van der Waals surface area contributed by atoms with Gasteiger partial charge in [0.1, 0.15) is 0 Å². The highest BCUT2D eigenvalue weighted by atomic mass is 32.1. The van der Waals surface area contributed by atoms with E-state index in [4.69, 9.17) is 0 Å². The Balaban J connectivity index is 2.06. The van der Waals surface area contributed by atoms with E-state index in [0.717, 1.165) is 18.5 Å². The van der Waals surface area contributed by atoms with Crippen molar-refractivity contribution in [3.63, 3.8) is 0 Å². The summed E-state index contributed by atoms with van der Waals surface area (Å²) in [6.45, 7) is 5.31. The van der Waals surface area contributed by atoms with Crippen molar-refractivity contribution in [3.05, 3.63) is 64.0 Å². The first-order valence-electron chi connectivity index (χ1n) is 7.47. The number of aryl methyl sites for hydroxylation is 1. The number of nitrogens with one attached hydrogen (secondary N) is 1. The lowest BCUT2D eigenvalue weighted by molar-refractivity contribution is 0.634. The molecule has 0 aliphatic carbocycles. The summed E-state index contributed by atoms with van der Waals surface area (Å²) >= 11 is 1.83. The molecule has 1 N–H and O–H groups in total. The third-order valence-electron chi connectivity index (χ3n) is 3.78. The molecule has 2 aromatic heterocycles. The lowest BCUT2D eigenvalue weighted by Gasteiger charge is -2.19. The van der Waals surface area contributed by atoms with Crippen molar-refractivity contribution in [1.29, 1.82) is 0 Å². The summed E-state index contributed by atoms with van der Waals surface area (Å²) in [6.07, 6.45) is 3.08. The van der Waals surface area contributed by atoms with Crippen LogP contribution in [0.2, 0.25) is 0 Å². The van der Waals surface area contributed by atoms with Crippen molar-refractivity contribution in [2.24, 2.45) is 0 Å². The van der Waals surface area contributed by atoms with Crippen LogP contribution < -0.4 is 5.32 Å². The van der Waals surface area contributed by atoms with Crippen molar-refractivity contribution in [2.75, 3.05) is 6.54 Å². The highest BCUT2D eigenvalue weighted by Crippen LogP contribution is 2.31.